The van der Waals surface area contributed by atoms with Crippen molar-refractivity contribution in [2.24, 2.45) is 0 Å². The molecule has 6 heteroatoms. The van der Waals surface area contributed by atoms with Gasteiger partial charge in [-0.3, -0.25) is 4.79 Å². The fourth-order valence-corrected chi connectivity index (χ4v) is 3.62. The number of benzene rings is 2. The van der Waals surface area contributed by atoms with Crippen LogP contribution in [0.4, 0.5) is 0 Å². The molecule has 1 aliphatic carbocycles. The molecular formula is C23H24O6. The van der Waals surface area contributed by atoms with Crippen molar-refractivity contribution in [1.29, 1.82) is 0 Å². The van der Waals surface area contributed by atoms with E-state index in [0.29, 0.717) is 23.0 Å². The van der Waals surface area contributed by atoms with Gasteiger partial charge in [0.15, 0.2) is 11.5 Å². The van der Waals surface area contributed by atoms with Crippen LogP contribution in [-0.2, 0) is 4.79 Å². The molecule has 0 aromatic heterocycles. The van der Waals surface area contributed by atoms with Crippen molar-refractivity contribution in [3.05, 3.63) is 52.6 Å². The minimum Gasteiger partial charge on any atom is -0.497 e. The number of methoxy groups -OCH3 is 4. The molecule has 0 fully saturated rings. The first-order valence-corrected chi connectivity index (χ1v) is 9.05. The van der Waals surface area contributed by atoms with E-state index in [9.17, 15) is 9.90 Å². The van der Waals surface area contributed by atoms with Gasteiger partial charge in [0.2, 0.25) is 5.75 Å². The van der Waals surface area contributed by atoms with Crippen LogP contribution in [0.1, 0.15) is 30.0 Å². The average Bonchev–Trinajstić information content (AvgIpc) is 2.97. The Kier molecular flexibility index (Phi) is 5.82. The smallest absolute Gasteiger partial charge is 0.307 e. The van der Waals surface area contributed by atoms with Crippen molar-refractivity contribution in [2.45, 2.75) is 13.3 Å². The van der Waals surface area contributed by atoms with Crippen molar-refractivity contribution >= 4 is 23.2 Å². The Hall–Kier alpha value is -3.41. The van der Waals surface area contributed by atoms with Gasteiger partial charge in [-0.25, -0.2) is 0 Å². The van der Waals surface area contributed by atoms with E-state index in [-0.39, 0.29) is 6.42 Å². The molecule has 0 bridgehead atoms. The molecule has 152 valence electrons. The van der Waals surface area contributed by atoms with Crippen LogP contribution in [-0.4, -0.2) is 39.5 Å². The Morgan fingerprint density at radius 1 is 0.931 bits per heavy atom. The van der Waals surface area contributed by atoms with E-state index in [1.54, 1.807) is 28.4 Å². The maximum Gasteiger partial charge on any atom is 0.307 e. The molecule has 29 heavy (non-hydrogen) atoms. The van der Waals surface area contributed by atoms with E-state index in [1.165, 1.54) is 0 Å². The monoisotopic (exact) mass is 396 g/mol. The van der Waals surface area contributed by atoms with Crippen molar-refractivity contribution < 1.29 is 28.8 Å². The van der Waals surface area contributed by atoms with Gasteiger partial charge in [0.1, 0.15) is 5.75 Å². The lowest BCUT2D eigenvalue weighted by atomic mass is 10.00. The fraction of sp³-hybridized carbons (Fsp3) is 0.261. The van der Waals surface area contributed by atoms with Crippen LogP contribution in [0.15, 0.2) is 35.9 Å². The van der Waals surface area contributed by atoms with Gasteiger partial charge in [0.25, 0.3) is 0 Å². The summed E-state index contributed by atoms with van der Waals surface area (Å²) >= 11 is 0. The minimum absolute atomic E-state index is 0.0569. The maximum absolute atomic E-state index is 11.4. The molecule has 0 unspecified atom stereocenters. The number of allylic oxidation sites excluding steroid dienone is 2. The summed E-state index contributed by atoms with van der Waals surface area (Å²) in [6.07, 6.45) is 1.94. The number of fused-ring (bicyclic) bond motifs is 1. The average molecular weight is 396 g/mol. The molecule has 0 saturated carbocycles. The Balaban J connectivity index is 2.19. The normalized spacial score (nSPS) is 14.0. The predicted molar refractivity (Wildman–Crippen MR) is 112 cm³/mol. The quantitative estimate of drug-likeness (QED) is 0.742. The summed E-state index contributed by atoms with van der Waals surface area (Å²) in [7, 11) is 6.30. The highest BCUT2D eigenvalue weighted by Gasteiger charge is 2.26. The standard InChI is InChI=1S/C23H24O6/c1-13-17(8-14-9-20(27-3)23(29-5)21(10-14)28-4)16-7-6-15(26-2)11-19(16)18(13)12-22(24)25/h6-11H,12H2,1-5H3,(H,24,25)/b17-8-. The Bertz CT molecular complexity index is 991. The van der Waals surface area contributed by atoms with Gasteiger partial charge in [-0.15, -0.1) is 0 Å². The van der Waals surface area contributed by atoms with E-state index in [4.69, 9.17) is 18.9 Å². The second-order valence-corrected chi connectivity index (χ2v) is 6.60. The van der Waals surface area contributed by atoms with Crippen LogP contribution >= 0.6 is 0 Å². The second-order valence-electron chi connectivity index (χ2n) is 6.60. The van der Waals surface area contributed by atoms with Crippen molar-refractivity contribution in [2.75, 3.05) is 28.4 Å². The van der Waals surface area contributed by atoms with Crippen LogP contribution in [0.2, 0.25) is 0 Å². The van der Waals surface area contributed by atoms with Gasteiger partial charge in [-0.05, 0) is 70.7 Å². The molecule has 6 nitrogen and oxygen atoms in total. The molecule has 0 saturated heterocycles. The van der Waals surface area contributed by atoms with Crippen molar-refractivity contribution in [1.82, 2.24) is 0 Å². The lowest BCUT2D eigenvalue weighted by Crippen LogP contribution is -1.97. The zero-order chi connectivity index (χ0) is 21.1. The molecule has 0 spiro atoms. The number of carbonyl (C=O) groups is 1. The Labute approximate surface area is 170 Å². The number of carboxylic acids is 1. The number of aliphatic carboxylic acids is 1. The zero-order valence-electron chi connectivity index (χ0n) is 17.2. The van der Waals surface area contributed by atoms with Crippen LogP contribution in [0.5, 0.6) is 23.0 Å². The SMILES string of the molecule is COc1ccc2c(c1)C(CC(=O)O)=C(C)/C2=C/c1cc(OC)c(OC)c(OC)c1. The third-order valence-electron chi connectivity index (χ3n) is 5.02. The lowest BCUT2D eigenvalue weighted by molar-refractivity contribution is -0.135. The Morgan fingerprint density at radius 2 is 1.59 bits per heavy atom. The van der Waals surface area contributed by atoms with Crippen LogP contribution in [0, 0.1) is 0 Å². The highest BCUT2D eigenvalue weighted by molar-refractivity contribution is 6.07. The summed E-state index contributed by atoms with van der Waals surface area (Å²) in [5.74, 6) is 1.45. The lowest BCUT2D eigenvalue weighted by Gasteiger charge is -2.13. The summed E-state index contributed by atoms with van der Waals surface area (Å²) in [5, 5.41) is 9.38. The van der Waals surface area contributed by atoms with Crippen molar-refractivity contribution in [3.63, 3.8) is 0 Å². The number of hydrogen-bond donors (Lipinski definition) is 1. The van der Waals surface area contributed by atoms with E-state index in [0.717, 1.165) is 33.4 Å². The highest BCUT2D eigenvalue weighted by atomic mass is 16.5. The third-order valence-corrected chi connectivity index (χ3v) is 5.02. The maximum atomic E-state index is 11.4. The molecule has 0 aliphatic heterocycles. The molecular weight excluding hydrogens is 372 g/mol. The second kappa shape index (κ2) is 8.31. The molecule has 0 amide bonds. The fourth-order valence-electron chi connectivity index (χ4n) is 3.62. The Morgan fingerprint density at radius 3 is 2.10 bits per heavy atom. The zero-order valence-corrected chi connectivity index (χ0v) is 17.2. The molecule has 2 aromatic rings. The number of ether oxygens (including phenoxy) is 4. The number of hydrogen-bond acceptors (Lipinski definition) is 5. The van der Waals surface area contributed by atoms with E-state index >= 15 is 0 Å². The van der Waals surface area contributed by atoms with Gasteiger partial charge >= 0.3 is 5.97 Å². The van der Waals surface area contributed by atoms with Gasteiger partial charge < -0.3 is 24.1 Å². The van der Waals surface area contributed by atoms with E-state index < -0.39 is 5.97 Å². The van der Waals surface area contributed by atoms with E-state index in [1.807, 2.05) is 43.3 Å². The van der Waals surface area contributed by atoms with Gasteiger partial charge in [-0.1, -0.05) is 6.07 Å². The first-order valence-electron chi connectivity index (χ1n) is 9.05. The van der Waals surface area contributed by atoms with E-state index in [2.05, 4.69) is 0 Å². The molecule has 1 aliphatic rings. The molecule has 1 N–H and O–H groups in total. The summed E-state index contributed by atoms with van der Waals surface area (Å²) in [6, 6.07) is 9.43. The first-order chi connectivity index (χ1) is 13.9. The van der Waals surface area contributed by atoms with Gasteiger partial charge in [0, 0.05) is 0 Å². The molecule has 2 aromatic carbocycles. The highest BCUT2D eigenvalue weighted by Crippen LogP contribution is 2.46. The first kappa shape index (κ1) is 20.3. The summed E-state index contributed by atoms with van der Waals surface area (Å²) < 4.78 is 21.6. The number of carboxylic acid groups (broad SMARTS) is 1. The molecule has 3 rings (SSSR count). The number of rotatable bonds is 7. The topological polar surface area (TPSA) is 74.2 Å². The third kappa shape index (κ3) is 3.78. The summed E-state index contributed by atoms with van der Waals surface area (Å²) in [6.45, 7) is 1.94. The van der Waals surface area contributed by atoms with Crippen LogP contribution < -0.4 is 18.9 Å². The van der Waals surface area contributed by atoms with Gasteiger partial charge in [0.05, 0.1) is 34.9 Å². The van der Waals surface area contributed by atoms with Crippen LogP contribution in [0.25, 0.3) is 17.2 Å². The predicted octanol–water partition coefficient (Wildman–Crippen LogP) is 4.52. The minimum atomic E-state index is -0.873. The molecule has 0 atom stereocenters. The molecule has 0 heterocycles. The van der Waals surface area contributed by atoms with Crippen molar-refractivity contribution in [3.8, 4) is 23.0 Å². The summed E-state index contributed by atoms with van der Waals surface area (Å²) in [5.41, 5.74) is 5.35. The molecule has 0 radical (unpaired) electrons. The largest absolute Gasteiger partial charge is 0.497 e. The summed E-state index contributed by atoms with van der Waals surface area (Å²) in [4.78, 5) is 11.4. The van der Waals surface area contributed by atoms with Crippen LogP contribution in [0.3, 0.4) is 0 Å². The van der Waals surface area contributed by atoms with Gasteiger partial charge in [-0.2, -0.15) is 0 Å².